The van der Waals surface area contributed by atoms with E-state index in [1.54, 1.807) is 13.0 Å². The summed E-state index contributed by atoms with van der Waals surface area (Å²) in [5, 5.41) is -0.524. The molecule has 0 heterocycles. The third-order valence-electron chi connectivity index (χ3n) is 1.67. The Hall–Kier alpha value is -0.460. The highest BCUT2D eigenvalue weighted by Crippen LogP contribution is 2.40. The second kappa shape index (κ2) is 2.65. The molecule has 0 radical (unpaired) electrons. The lowest BCUT2D eigenvalue weighted by Crippen LogP contribution is -2.16. The highest BCUT2D eigenvalue weighted by atomic mass is 31.1. The topological polar surface area (TPSA) is 37.3 Å². The molecule has 0 aromatic carbocycles. The van der Waals surface area contributed by atoms with E-state index in [1.807, 2.05) is 18.2 Å². The van der Waals surface area contributed by atoms with Crippen LogP contribution in [0.1, 0.15) is 13.3 Å². The molecule has 0 aromatic heterocycles. The Morgan fingerprint density at radius 3 is 2.60 bits per heavy atom. The molecule has 3 heteroatoms. The van der Waals surface area contributed by atoms with Crippen molar-refractivity contribution in [2.24, 2.45) is 0 Å². The maximum Gasteiger partial charge on any atom is 0.516 e. The van der Waals surface area contributed by atoms with Crippen molar-refractivity contribution in [3.05, 3.63) is 24.3 Å². The van der Waals surface area contributed by atoms with Crippen molar-refractivity contribution in [1.29, 1.82) is 0 Å². The van der Waals surface area contributed by atoms with Gasteiger partial charge in [-0.3, -0.25) is 0 Å². The van der Waals surface area contributed by atoms with Gasteiger partial charge in [-0.15, -0.1) is 0 Å². The Kier molecular flexibility index (Phi) is 2.02. The number of allylic oxidation sites excluding steroid dienone is 4. The SMILES string of the molecule is C[C@@]1([P+](=O)O)C=CC=CC1. The summed E-state index contributed by atoms with van der Waals surface area (Å²) < 4.78 is 10.7. The minimum atomic E-state index is -2.09. The Morgan fingerprint density at radius 2 is 2.30 bits per heavy atom. The minimum Gasteiger partial charge on any atom is -0.160 e. The Balaban J connectivity index is 2.80. The normalized spacial score (nSPS) is 32.4. The van der Waals surface area contributed by atoms with Crippen LogP contribution in [0, 0.1) is 0 Å². The van der Waals surface area contributed by atoms with Gasteiger partial charge in [0, 0.05) is 6.42 Å². The maximum atomic E-state index is 10.7. The van der Waals surface area contributed by atoms with Crippen LogP contribution in [0.25, 0.3) is 0 Å². The number of hydrogen-bond acceptors (Lipinski definition) is 1. The number of hydrogen-bond donors (Lipinski definition) is 1. The molecule has 10 heavy (non-hydrogen) atoms. The highest BCUT2D eigenvalue weighted by Gasteiger charge is 2.41. The van der Waals surface area contributed by atoms with E-state index >= 15 is 0 Å². The predicted octanol–water partition coefficient (Wildman–Crippen LogP) is 2.00. The Morgan fingerprint density at radius 1 is 1.60 bits per heavy atom. The quantitative estimate of drug-likeness (QED) is 0.591. The monoisotopic (exact) mass is 157 g/mol. The molecule has 0 aliphatic heterocycles. The summed E-state index contributed by atoms with van der Waals surface area (Å²) in [4.78, 5) is 8.86. The molecule has 1 unspecified atom stereocenters. The van der Waals surface area contributed by atoms with Gasteiger partial charge < -0.3 is 0 Å². The minimum absolute atomic E-state index is 0.524. The molecule has 1 aliphatic rings. The third kappa shape index (κ3) is 1.34. The lowest BCUT2D eigenvalue weighted by atomic mass is 10.0. The van der Waals surface area contributed by atoms with Crippen molar-refractivity contribution in [2.75, 3.05) is 0 Å². The van der Waals surface area contributed by atoms with E-state index < -0.39 is 13.2 Å². The third-order valence-corrected chi connectivity index (χ3v) is 2.88. The van der Waals surface area contributed by atoms with Gasteiger partial charge in [0.15, 0.2) is 0 Å². The molecule has 54 valence electrons. The molecule has 0 aromatic rings. The summed E-state index contributed by atoms with van der Waals surface area (Å²) in [5.74, 6) is 0. The summed E-state index contributed by atoms with van der Waals surface area (Å²) in [6, 6.07) is 0. The highest BCUT2D eigenvalue weighted by molar-refractivity contribution is 7.40. The largest absolute Gasteiger partial charge is 0.516 e. The molecule has 1 N–H and O–H groups in total. The van der Waals surface area contributed by atoms with E-state index in [9.17, 15) is 4.57 Å². The van der Waals surface area contributed by atoms with Crippen LogP contribution in [-0.2, 0) is 4.57 Å². The van der Waals surface area contributed by atoms with Crippen molar-refractivity contribution >= 4 is 8.03 Å². The first-order valence-corrected chi connectivity index (χ1v) is 4.37. The van der Waals surface area contributed by atoms with Crippen molar-refractivity contribution in [3.8, 4) is 0 Å². The average molecular weight is 157 g/mol. The molecule has 2 nitrogen and oxygen atoms in total. The van der Waals surface area contributed by atoms with Gasteiger partial charge in [0.25, 0.3) is 0 Å². The molecule has 0 spiro atoms. The first kappa shape index (κ1) is 7.64. The molecular formula is C7H10O2P+. The Labute approximate surface area is 61.1 Å². The number of rotatable bonds is 1. The summed E-state index contributed by atoms with van der Waals surface area (Å²) in [6.45, 7) is 1.78. The van der Waals surface area contributed by atoms with Crippen LogP contribution in [0.2, 0.25) is 0 Å². The van der Waals surface area contributed by atoms with Gasteiger partial charge in [-0.25, -0.2) is 0 Å². The standard InChI is InChI=1S/C7H9O2P/c1-7(10(8)9)5-3-2-4-6-7/h2-5H,6H2,1H3/p+1/t7-/m1/s1. The van der Waals surface area contributed by atoms with Crippen LogP contribution in [0.3, 0.4) is 0 Å². The van der Waals surface area contributed by atoms with Crippen LogP contribution in [0.15, 0.2) is 24.3 Å². The maximum absolute atomic E-state index is 10.7. The van der Waals surface area contributed by atoms with Gasteiger partial charge >= 0.3 is 8.03 Å². The fourth-order valence-electron chi connectivity index (χ4n) is 0.858. The van der Waals surface area contributed by atoms with Crippen molar-refractivity contribution in [2.45, 2.75) is 18.5 Å². The molecular weight excluding hydrogens is 147 g/mol. The molecule has 0 saturated heterocycles. The van der Waals surface area contributed by atoms with Gasteiger partial charge in [-0.05, 0) is 17.6 Å². The average Bonchev–Trinajstić information content (AvgIpc) is 1.89. The van der Waals surface area contributed by atoms with E-state index in [4.69, 9.17) is 4.89 Å². The van der Waals surface area contributed by atoms with Gasteiger partial charge in [-0.2, -0.15) is 4.89 Å². The van der Waals surface area contributed by atoms with E-state index in [2.05, 4.69) is 0 Å². The van der Waals surface area contributed by atoms with E-state index in [0.29, 0.717) is 6.42 Å². The second-order valence-electron chi connectivity index (χ2n) is 2.62. The summed E-state index contributed by atoms with van der Waals surface area (Å²) >= 11 is 0. The van der Waals surface area contributed by atoms with E-state index in [1.165, 1.54) is 0 Å². The van der Waals surface area contributed by atoms with Crippen LogP contribution >= 0.6 is 8.03 Å². The lowest BCUT2D eigenvalue weighted by molar-refractivity contribution is 0.475. The van der Waals surface area contributed by atoms with Crippen molar-refractivity contribution in [1.82, 2.24) is 0 Å². The fraction of sp³-hybridized carbons (Fsp3) is 0.429. The predicted molar refractivity (Wildman–Crippen MR) is 41.1 cm³/mol. The van der Waals surface area contributed by atoms with E-state index in [-0.39, 0.29) is 0 Å². The summed E-state index contributed by atoms with van der Waals surface area (Å²) in [6.07, 6.45) is 8.05. The molecule has 0 saturated carbocycles. The first-order chi connectivity index (χ1) is 4.65. The van der Waals surface area contributed by atoms with Crippen LogP contribution in [0.5, 0.6) is 0 Å². The molecule has 2 atom stereocenters. The second-order valence-corrected chi connectivity index (χ2v) is 4.19. The molecule has 1 aliphatic carbocycles. The van der Waals surface area contributed by atoms with Crippen molar-refractivity contribution in [3.63, 3.8) is 0 Å². The molecule has 1 rings (SSSR count). The van der Waals surface area contributed by atoms with Gasteiger partial charge in [0.05, 0.1) is 0 Å². The lowest BCUT2D eigenvalue weighted by Gasteiger charge is -2.10. The van der Waals surface area contributed by atoms with Gasteiger partial charge in [0.1, 0.15) is 0 Å². The fourth-order valence-corrected chi connectivity index (χ4v) is 1.33. The molecule has 0 fully saturated rings. The molecule has 0 bridgehead atoms. The zero-order valence-corrected chi connectivity index (χ0v) is 6.71. The molecule has 0 amide bonds. The van der Waals surface area contributed by atoms with Crippen LogP contribution in [0.4, 0.5) is 0 Å². The first-order valence-electron chi connectivity index (χ1n) is 3.16. The summed E-state index contributed by atoms with van der Waals surface area (Å²) in [7, 11) is -2.09. The smallest absolute Gasteiger partial charge is 0.160 e. The Bertz CT molecular complexity index is 208. The van der Waals surface area contributed by atoms with Gasteiger partial charge in [-0.1, -0.05) is 18.2 Å². The summed E-state index contributed by atoms with van der Waals surface area (Å²) in [5.41, 5.74) is 0. The van der Waals surface area contributed by atoms with Crippen LogP contribution in [-0.4, -0.2) is 10.0 Å². The van der Waals surface area contributed by atoms with E-state index in [0.717, 1.165) is 0 Å². The van der Waals surface area contributed by atoms with Crippen molar-refractivity contribution < 1.29 is 9.46 Å². The zero-order valence-electron chi connectivity index (χ0n) is 5.82. The van der Waals surface area contributed by atoms with Crippen LogP contribution < -0.4 is 0 Å². The van der Waals surface area contributed by atoms with Gasteiger partial charge in [0.2, 0.25) is 5.16 Å². The zero-order chi connectivity index (χ0) is 7.61.